The number of nitro benzene ring substituents is 1. The van der Waals surface area contributed by atoms with E-state index in [1.54, 1.807) is 0 Å². The van der Waals surface area contributed by atoms with Crippen LogP contribution < -0.4 is 5.32 Å². The molecule has 1 heterocycles. The highest BCUT2D eigenvalue weighted by Crippen LogP contribution is 2.30. The van der Waals surface area contributed by atoms with E-state index in [0.717, 1.165) is 6.54 Å². The highest BCUT2D eigenvalue weighted by Gasteiger charge is 2.34. The first kappa shape index (κ1) is 15.4. The van der Waals surface area contributed by atoms with Crippen molar-refractivity contribution < 1.29 is 13.3 Å². The Bertz CT molecular complexity index is 629. The maximum Gasteiger partial charge on any atom is 0.290 e. The lowest BCUT2D eigenvalue weighted by molar-refractivity contribution is -0.387. The van der Waals surface area contributed by atoms with E-state index in [9.17, 15) is 18.5 Å². The molecule has 1 aromatic carbocycles. The van der Waals surface area contributed by atoms with Crippen LogP contribution in [0.5, 0.6) is 0 Å². The fourth-order valence-corrected chi connectivity index (χ4v) is 4.02. The Morgan fingerprint density at radius 1 is 1.50 bits per heavy atom. The van der Waals surface area contributed by atoms with Crippen molar-refractivity contribution in [2.45, 2.75) is 17.4 Å². The lowest BCUT2D eigenvalue weighted by Crippen LogP contribution is -2.38. The van der Waals surface area contributed by atoms with E-state index in [2.05, 4.69) is 21.2 Å². The van der Waals surface area contributed by atoms with Gasteiger partial charge in [-0.15, -0.1) is 0 Å². The minimum atomic E-state index is -3.88. The highest BCUT2D eigenvalue weighted by atomic mass is 79.9. The molecule has 0 aromatic heterocycles. The topological polar surface area (TPSA) is 92.6 Å². The normalized spacial score (nSPS) is 19.4. The minimum Gasteiger partial charge on any atom is -0.315 e. The van der Waals surface area contributed by atoms with E-state index in [0.29, 0.717) is 17.4 Å². The summed E-state index contributed by atoms with van der Waals surface area (Å²) >= 11 is 3.11. The molecule has 1 fully saturated rings. The molecule has 0 amide bonds. The van der Waals surface area contributed by atoms with E-state index >= 15 is 0 Å². The van der Waals surface area contributed by atoms with Gasteiger partial charge in [0, 0.05) is 30.2 Å². The van der Waals surface area contributed by atoms with Gasteiger partial charge in [0.2, 0.25) is 10.0 Å². The molecular formula is C11H14BrN3O4S. The lowest BCUT2D eigenvalue weighted by Gasteiger charge is -2.22. The average Bonchev–Trinajstić information content (AvgIpc) is 2.91. The number of nitro groups is 1. The SMILES string of the molecule is CN(C1CCNC1)S(=O)(=O)c1ccc(Br)cc1[N+](=O)[O-]. The largest absolute Gasteiger partial charge is 0.315 e. The van der Waals surface area contributed by atoms with Crippen molar-refractivity contribution in [3.05, 3.63) is 32.8 Å². The number of benzene rings is 1. The first-order chi connectivity index (χ1) is 9.34. The van der Waals surface area contributed by atoms with E-state index in [4.69, 9.17) is 0 Å². The van der Waals surface area contributed by atoms with Gasteiger partial charge in [0.25, 0.3) is 5.69 Å². The third kappa shape index (κ3) is 2.85. The highest BCUT2D eigenvalue weighted by molar-refractivity contribution is 9.10. The van der Waals surface area contributed by atoms with Crippen LogP contribution in [0.2, 0.25) is 0 Å². The number of likely N-dealkylation sites (N-methyl/N-ethyl adjacent to an activating group) is 1. The van der Waals surface area contributed by atoms with Crippen LogP contribution in [0.4, 0.5) is 5.69 Å². The molecule has 1 atom stereocenters. The van der Waals surface area contributed by atoms with Crippen molar-refractivity contribution >= 4 is 31.6 Å². The molecule has 1 saturated heterocycles. The maximum absolute atomic E-state index is 12.5. The lowest BCUT2D eigenvalue weighted by atomic mass is 10.3. The van der Waals surface area contributed by atoms with Gasteiger partial charge in [-0.2, -0.15) is 4.31 Å². The van der Waals surface area contributed by atoms with Gasteiger partial charge in [-0.05, 0) is 25.1 Å². The number of nitrogens with zero attached hydrogens (tertiary/aromatic N) is 2. The average molecular weight is 364 g/mol. The van der Waals surface area contributed by atoms with Gasteiger partial charge in [0.15, 0.2) is 4.90 Å². The summed E-state index contributed by atoms with van der Waals surface area (Å²) in [5.41, 5.74) is -0.419. The molecule has 2 rings (SSSR count). The van der Waals surface area contributed by atoms with Gasteiger partial charge < -0.3 is 5.32 Å². The van der Waals surface area contributed by atoms with E-state index in [1.165, 1.54) is 29.6 Å². The monoisotopic (exact) mass is 363 g/mol. The second-order valence-corrected chi connectivity index (χ2v) is 7.42. The van der Waals surface area contributed by atoms with Crippen LogP contribution in [0.1, 0.15) is 6.42 Å². The Hall–Kier alpha value is -1.03. The second-order valence-electron chi connectivity index (χ2n) is 4.54. The van der Waals surface area contributed by atoms with Crippen LogP contribution >= 0.6 is 15.9 Å². The zero-order valence-electron chi connectivity index (χ0n) is 10.7. The first-order valence-electron chi connectivity index (χ1n) is 5.96. The third-order valence-corrected chi connectivity index (χ3v) is 5.77. The Balaban J connectivity index is 2.46. The number of sulfonamides is 1. The van der Waals surface area contributed by atoms with Crippen LogP contribution in [-0.2, 0) is 10.0 Å². The molecular weight excluding hydrogens is 350 g/mol. The predicted octanol–water partition coefficient (Wildman–Crippen LogP) is 1.34. The summed E-state index contributed by atoms with van der Waals surface area (Å²) in [6.45, 7) is 1.30. The molecule has 1 aliphatic heterocycles. The zero-order chi connectivity index (χ0) is 14.9. The van der Waals surface area contributed by atoms with E-state index in [-0.39, 0.29) is 10.9 Å². The number of nitrogens with one attached hydrogen (secondary N) is 1. The van der Waals surface area contributed by atoms with Crippen molar-refractivity contribution in [1.29, 1.82) is 0 Å². The summed E-state index contributed by atoms with van der Waals surface area (Å²) in [5, 5.41) is 14.1. The fourth-order valence-electron chi connectivity index (χ4n) is 2.15. The maximum atomic E-state index is 12.5. The van der Waals surface area contributed by atoms with Gasteiger partial charge >= 0.3 is 0 Å². The molecule has 1 aromatic rings. The van der Waals surface area contributed by atoms with Crippen LogP contribution in [0.15, 0.2) is 27.6 Å². The molecule has 1 unspecified atom stereocenters. The zero-order valence-corrected chi connectivity index (χ0v) is 13.1. The minimum absolute atomic E-state index is 0.178. The second kappa shape index (κ2) is 5.76. The van der Waals surface area contributed by atoms with E-state index in [1.807, 2.05) is 0 Å². The molecule has 0 spiro atoms. The van der Waals surface area contributed by atoms with Gasteiger partial charge in [-0.3, -0.25) is 10.1 Å². The molecule has 0 bridgehead atoms. The van der Waals surface area contributed by atoms with Gasteiger partial charge in [0.05, 0.1) is 4.92 Å². The Morgan fingerprint density at radius 3 is 2.75 bits per heavy atom. The van der Waals surface area contributed by atoms with Crippen molar-refractivity contribution in [1.82, 2.24) is 9.62 Å². The molecule has 1 aliphatic rings. The smallest absolute Gasteiger partial charge is 0.290 e. The standard InChI is InChI=1S/C11H14BrN3O4S/c1-14(9-4-5-13-7-9)20(18,19)11-3-2-8(12)6-10(11)15(16)17/h2-3,6,9,13H,4-5,7H2,1H3. The molecule has 7 nitrogen and oxygen atoms in total. The molecule has 110 valence electrons. The summed E-state index contributed by atoms with van der Waals surface area (Å²) in [6, 6.07) is 3.77. The molecule has 0 radical (unpaired) electrons. The summed E-state index contributed by atoms with van der Waals surface area (Å²) in [5.74, 6) is 0. The summed E-state index contributed by atoms with van der Waals surface area (Å²) < 4.78 is 26.7. The van der Waals surface area contributed by atoms with Crippen LogP contribution in [-0.4, -0.2) is 43.8 Å². The van der Waals surface area contributed by atoms with Crippen molar-refractivity contribution in [2.75, 3.05) is 20.1 Å². The summed E-state index contributed by atoms with van der Waals surface area (Å²) in [6.07, 6.45) is 0.694. The van der Waals surface area contributed by atoms with Gasteiger partial charge in [-0.25, -0.2) is 8.42 Å². The number of halogens is 1. The van der Waals surface area contributed by atoms with E-state index < -0.39 is 20.6 Å². The molecule has 0 saturated carbocycles. The Labute approximate surface area is 125 Å². The molecule has 9 heteroatoms. The predicted molar refractivity (Wildman–Crippen MR) is 77.0 cm³/mol. The number of rotatable bonds is 4. The molecule has 0 aliphatic carbocycles. The molecule has 20 heavy (non-hydrogen) atoms. The first-order valence-corrected chi connectivity index (χ1v) is 8.20. The Morgan fingerprint density at radius 2 is 2.20 bits per heavy atom. The van der Waals surface area contributed by atoms with Crippen molar-refractivity contribution in [2.24, 2.45) is 0 Å². The fraction of sp³-hybridized carbons (Fsp3) is 0.455. The number of hydrogen-bond donors (Lipinski definition) is 1. The van der Waals surface area contributed by atoms with Crippen LogP contribution in [0.3, 0.4) is 0 Å². The van der Waals surface area contributed by atoms with Crippen molar-refractivity contribution in [3.8, 4) is 0 Å². The summed E-state index contributed by atoms with van der Waals surface area (Å²) in [4.78, 5) is 10.1. The van der Waals surface area contributed by atoms with Crippen molar-refractivity contribution in [3.63, 3.8) is 0 Å². The third-order valence-electron chi connectivity index (χ3n) is 3.32. The quantitative estimate of drug-likeness (QED) is 0.643. The van der Waals surface area contributed by atoms with Gasteiger partial charge in [0.1, 0.15) is 0 Å². The van der Waals surface area contributed by atoms with Crippen LogP contribution in [0.25, 0.3) is 0 Å². The van der Waals surface area contributed by atoms with Gasteiger partial charge in [-0.1, -0.05) is 15.9 Å². The molecule has 1 N–H and O–H groups in total. The summed E-state index contributed by atoms with van der Waals surface area (Å²) in [7, 11) is -2.43. The van der Waals surface area contributed by atoms with Crippen LogP contribution in [0, 0.1) is 10.1 Å². The number of hydrogen-bond acceptors (Lipinski definition) is 5. The Kier molecular flexibility index (Phi) is 4.43.